The molecule has 0 spiro atoms. The number of hydrogen-bond acceptors (Lipinski definition) is 1. The summed E-state index contributed by atoms with van der Waals surface area (Å²) in [6, 6.07) is 5.25. The van der Waals surface area contributed by atoms with E-state index in [1.807, 2.05) is 0 Å². The van der Waals surface area contributed by atoms with Crippen LogP contribution in [0, 0.1) is 5.82 Å². The van der Waals surface area contributed by atoms with Crippen LogP contribution < -0.4 is 0 Å². The number of hydrogen-bond donors (Lipinski definition) is 0. The van der Waals surface area contributed by atoms with E-state index in [1.54, 1.807) is 0 Å². The Kier molecular flexibility index (Phi) is 2.83. The fourth-order valence-corrected chi connectivity index (χ4v) is 1.45. The predicted molar refractivity (Wildman–Crippen MR) is 54.6 cm³/mol. The Morgan fingerprint density at radius 3 is 2.18 bits per heavy atom. The second kappa shape index (κ2) is 4.16. The maximum atomic E-state index is 13.5. The van der Waals surface area contributed by atoms with Crippen molar-refractivity contribution in [3.05, 3.63) is 54.1 Å². The van der Waals surface area contributed by atoms with E-state index in [1.165, 1.54) is 24.5 Å². The van der Waals surface area contributed by atoms with E-state index >= 15 is 0 Å². The molecule has 0 aliphatic rings. The third-order valence-electron chi connectivity index (χ3n) is 2.29. The Hall–Kier alpha value is -1.91. The molecule has 2 aromatic rings. The molecule has 0 aliphatic heterocycles. The van der Waals surface area contributed by atoms with E-state index in [-0.39, 0.29) is 5.56 Å². The summed E-state index contributed by atoms with van der Waals surface area (Å²) in [4.78, 5) is 3.73. The van der Waals surface area contributed by atoms with Crippen molar-refractivity contribution in [2.45, 2.75) is 6.18 Å². The highest BCUT2D eigenvalue weighted by atomic mass is 19.4. The summed E-state index contributed by atoms with van der Waals surface area (Å²) in [5.41, 5.74) is -0.587. The molecule has 1 heterocycles. The summed E-state index contributed by atoms with van der Waals surface area (Å²) in [6.07, 6.45) is -1.68. The lowest BCUT2D eigenvalue weighted by Crippen LogP contribution is -2.05. The Labute approximate surface area is 94.7 Å². The molecule has 1 nitrogen and oxygen atoms in total. The zero-order valence-corrected chi connectivity index (χ0v) is 8.50. The molecule has 0 bridgehead atoms. The fourth-order valence-electron chi connectivity index (χ4n) is 1.45. The molecule has 1 aromatic heterocycles. The van der Waals surface area contributed by atoms with Crippen molar-refractivity contribution in [2.24, 2.45) is 0 Å². The van der Waals surface area contributed by atoms with Gasteiger partial charge in [0.15, 0.2) is 0 Å². The molecular formula is C12H7F4N. The van der Waals surface area contributed by atoms with Crippen molar-refractivity contribution in [1.29, 1.82) is 0 Å². The molecule has 88 valence electrons. The average Bonchev–Trinajstić information content (AvgIpc) is 2.29. The second-order valence-electron chi connectivity index (χ2n) is 3.43. The average molecular weight is 241 g/mol. The van der Waals surface area contributed by atoms with Gasteiger partial charge in [0, 0.05) is 18.0 Å². The molecular weight excluding hydrogens is 234 g/mol. The number of pyridine rings is 1. The van der Waals surface area contributed by atoms with E-state index < -0.39 is 17.6 Å². The number of benzene rings is 1. The number of nitrogens with zero attached hydrogens (tertiary/aromatic N) is 1. The predicted octanol–water partition coefficient (Wildman–Crippen LogP) is 3.91. The third kappa shape index (κ3) is 2.43. The van der Waals surface area contributed by atoms with Gasteiger partial charge in [-0.2, -0.15) is 13.2 Å². The van der Waals surface area contributed by atoms with Gasteiger partial charge in [-0.05, 0) is 35.9 Å². The van der Waals surface area contributed by atoms with Crippen LogP contribution in [0.4, 0.5) is 17.6 Å². The lowest BCUT2D eigenvalue weighted by atomic mass is 10.0. The minimum absolute atomic E-state index is 0.0813. The van der Waals surface area contributed by atoms with Gasteiger partial charge in [0.2, 0.25) is 0 Å². The van der Waals surface area contributed by atoms with Crippen LogP contribution >= 0.6 is 0 Å². The highest BCUT2D eigenvalue weighted by Crippen LogP contribution is 2.33. The van der Waals surface area contributed by atoms with Gasteiger partial charge in [-0.3, -0.25) is 4.98 Å². The molecule has 0 fully saturated rings. The Morgan fingerprint density at radius 1 is 0.941 bits per heavy atom. The summed E-state index contributed by atoms with van der Waals surface area (Å²) in [6.45, 7) is 0. The van der Waals surface area contributed by atoms with Gasteiger partial charge in [-0.15, -0.1) is 0 Å². The minimum atomic E-state index is -4.48. The first-order chi connectivity index (χ1) is 7.98. The summed E-state index contributed by atoms with van der Waals surface area (Å²) in [7, 11) is 0. The van der Waals surface area contributed by atoms with Gasteiger partial charge in [-0.25, -0.2) is 4.39 Å². The Bertz CT molecular complexity index is 520. The largest absolute Gasteiger partial charge is 0.416 e. The first kappa shape index (κ1) is 11.6. The van der Waals surface area contributed by atoms with Crippen LogP contribution in [0.25, 0.3) is 11.1 Å². The molecule has 0 unspecified atom stereocenters. The highest BCUT2D eigenvalue weighted by molar-refractivity contribution is 5.64. The lowest BCUT2D eigenvalue weighted by Gasteiger charge is -2.09. The molecule has 17 heavy (non-hydrogen) atoms. The molecule has 2 rings (SSSR count). The number of aromatic nitrogens is 1. The molecule has 0 saturated heterocycles. The van der Waals surface area contributed by atoms with Crippen LogP contribution in [0.2, 0.25) is 0 Å². The summed E-state index contributed by atoms with van der Waals surface area (Å²) >= 11 is 0. The van der Waals surface area contributed by atoms with Crippen LogP contribution in [0.1, 0.15) is 5.56 Å². The summed E-state index contributed by atoms with van der Waals surface area (Å²) in [5, 5.41) is 0. The first-order valence-electron chi connectivity index (χ1n) is 4.75. The van der Waals surface area contributed by atoms with E-state index in [0.717, 1.165) is 18.2 Å². The van der Waals surface area contributed by atoms with Gasteiger partial charge >= 0.3 is 6.18 Å². The minimum Gasteiger partial charge on any atom is -0.265 e. The van der Waals surface area contributed by atoms with Crippen molar-refractivity contribution in [2.75, 3.05) is 0 Å². The maximum Gasteiger partial charge on any atom is 0.416 e. The number of rotatable bonds is 1. The molecule has 0 saturated carbocycles. The van der Waals surface area contributed by atoms with Gasteiger partial charge in [0.1, 0.15) is 5.82 Å². The van der Waals surface area contributed by atoms with Crippen molar-refractivity contribution in [3.63, 3.8) is 0 Å². The molecule has 5 heteroatoms. The van der Waals surface area contributed by atoms with Crippen LogP contribution in [0.3, 0.4) is 0 Å². The molecule has 0 aliphatic carbocycles. The van der Waals surface area contributed by atoms with E-state index in [4.69, 9.17) is 0 Å². The molecule has 1 aromatic carbocycles. The summed E-state index contributed by atoms with van der Waals surface area (Å²) in [5.74, 6) is -0.691. The molecule has 0 amide bonds. The third-order valence-corrected chi connectivity index (χ3v) is 2.29. The lowest BCUT2D eigenvalue weighted by molar-refractivity contribution is -0.137. The Morgan fingerprint density at radius 2 is 1.59 bits per heavy atom. The second-order valence-corrected chi connectivity index (χ2v) is 3.43. The Balaban J connectivity index is 2.55. The van der Waals surface area contributed by atoms with E-state index in [2.05, 4.69) is 4.98 Å². The quantitative estimate of drug-likeness (QED) is 0.690. The standard InChI is InChI=1S/C12H7F4N/c13-11-2-1-9(12(14,15)16)7-10(11)8-3-5-17-6-4-8/h1-7H. The van der Waals surface area contributed by atoms with Crippen molar-refractivity contribution >= 4 is 0 Å². The zero-order valence-electron chi connectivity index (χ0n) is 8.50. The van der Waals surface area contributed by atoms with Gasteiger partial charge in [0.25, 0.3) is 0 Å². The highest BCUT2D eigenvalue weighted by Gasteiger charge is 2.31. The SMILES string of the molecule is Fc1ccc(C(F)(F)F)cc1-c1ccncc1. The topological polar surface area (TPSA) is 12.9 Å². The van der Waals surface area contributed by atoms with Gasteiger partial charge < -0.3 is 0 Å². The van der Waals surface area contributed by atoms with E-state index in [9.17, 15) is 17.6 Å². The van der Waals surface area contributed by atoms with Crippen molar-refractivity contribution < 1.29 is 17.6 Å². The first-order valence-corrected chi connectivity index (χ1v) is 4.75. The van der Waals surface area contributed by atoms with Crippen LogP contribution in [0.15, 0.2) is 42.7 Å². The monoisotopic (exact) mass is 241 g/mol. The van der Waals surface area contributed by atoms with Gasteiger partial charge in [0.05, 0.1) is 5.56 Å². The molecule has 0 atom stereocenters. The smallest absolute Gasteiger partial charge is 0.265 e. The van der Waals surface area contributed by atoms with Crippen LogP contribution in [0.5, 0.6) is 0 Å². The number of halogens is 4. The fraction of sp³-hybridized carbons (Fsp3) is 0.0833. The van der Waals surface area contributed by atoms with Gasteiger partial charge in [-0.1, -0.05) is 0 Å². The summed E-state index contributed by atoms with van der Waals surface area (Å²) < 4.78 is 50.9. The van der Waals surface area contributed by atoms with E-state index in [0.29, 0.717) is 5.56 Å². The number of alkyl halides is 3. The zero-order chi connectivity index (χ0) is 12.5. The maximum absolute atomic E-state index is 13.5. The normalized spacial score (nSPS) is 11.5. The van der Waals surface area contributed by atoms with Crippen molar-refractivity contribution in [1.82, 2.24) is 4.98 Å². The van der Waals surface area contributed by atoms with Crippen LogP contribution in [-0.4, -0.2) is 4.98 Å². The molecule has 0 N–H and O–H groups in total. The van der Waals surface area contributed by atoms with Crippen LogP contribution in [-0.2, 0) is 6.18 Å². The van der Waals surface area contributed by atoms with Crippen molar-refractivity contribution in [3.8, 4) is 11.1 Å². The molecule has 0 radical (unpaired) electrons.